The zero-order valence-electron chi connectivity index (χ0n) is 13.7. The van der Waals surface area contributed by atoms with Gasteiger partial charge in [0, 0.05) is 25.1 Å². The molecular formula is C18H20N4O2. The van der Waals surface area contributed by atoms with Gasteiger partial charge in [-0.1, -0.05) is 25.1 Å². The molecule has 3 heterocycles. The van der Waals surface area contributed by atoms with E-state index in [1.165, 1.54) is 0 Å². The zero-order chi connectivity index (χ0) is 16.7. The number of aromatic nitrogens is 2. The molecule has 6 heteroatoms. The highest BCUT2D eigenvalue weighted by Crippen LogP contribution is 2.27. The number of aromatic amines is 1. The number of carbonyl (C=O) groups excluding carboxylic acids is 2. The summed E-state index contributed by atoms with van der Waals surface area (Å²) in [5.41, 5.74) is 3.76. The first-order valence-electron chi connectivity index (χ1n) is 8.37. The second-order valence-electron chi connectivity index (χ2n) is 6.35. The van der Waals surface area contributed by atoms with Crippen LogP contribution in [-0.4, -0.2) is 44.2 Å². The van der Waals surface area contributed by atoms with Crippen LogP contribution in [0.1, 0.15) is 40.7 Å². The van der Waals surface area contributed by atoms with E-state index >= 15 is 0 Å². The van der Waals surface area contributed by atoms with Gasteiger partial charge in [-0.05, 0) is 18.1 Å². The standard InChI is InChI=1S/C18H20N4O2/c1-2-16(22-9-12-5-3-4-6-13(12)17(22)23)18(24)21-8-7-14-15(10-21)20-11-19-14/h3-6,11,16H,2,7-10H2,1H3,(H,19,20)/t16-/m1/s1. The minimum atomic E-state index is -0.408. The summed E-state index contributed by atoms with van der Waals surface area (Å²) in [6.45, 7) is 3.68. The third kappa shape index (κ3) is 2.29. The summed E-state index contributed by atoms with van der Waals surface area (Å²) in [4.78, 5) is 36.7. The number of nitrogens with zero attached hydrogens (tertiary/aromatic N) is 3. The van der Waals surface area contributed by atoms with E-state index in [2.05, 4.69) is 9.97 Å². The maximum absolute atomic E-state index is 13.0. The maximum Gasteiger partial charge on any atom is 0.255 e. The van der Waals surface area contributed by atoms with Crippen molar-refractivity contribution >= 4 is 11.8 Å². The summed E-state index contributed by atoms with van der Waals surface area (Å²) < 4.78 is 0. The summed E-state index contributed by atoms with van der Waals surface area (Å²) in [6.07, 6.45) is 3.05. The molecule has 24 heavy (non-hydrogen) atoms. The van der Waals surface area contributed by atoms with Crippen LogP contribution in [0.3, 0.4) is 0 Å². The maximum atomic E-state index is 13.0. The van der Waals surface area contributed by atoms with Gasteiger partial charge in [0.2, 0.25) is 5.91 Å². The molecule has 124 valence electrons. The Morgan fingerprint density at radius 2 is 2.17 bits per heavy atom. The first-order valence-corrected chi connectivity index (χ1v) is 8.37. The Bertz CT molecular complexity index is 798. The molecule has 2 aliphatic rings. The molecule has 0 bridgehead atoms. The highest BCUT2D eigenvalue weighted by atomic mass is 16.2. The molecule has 2 aliphatic heterocycles. The summed E-state index contributed by atoms with van der Waals surface area (Å²) >= 11 is 0. The SMILES string of the molecule is CC[C@H](C(=O)N1CCc2nc[nH]c2C1)N1Cc2ccccc2C1=O. The molecule has 1 N–H and O–H groups in total. The van der Waals surface area contributed by atoms with Crippen LogP contribution in [0.2, 0.25) is 0 Å². The molecule has 1 atom stereocenters. The van der Waals surface area contributed by atoms with E-state index in [9.17, 15) is 9.59 Å². The van der Waals surface area contributed by atoms with E-state index in [4.69, 9.17) is 0 Å². The van der Waals surface area contributed by atoms with E-state index < -0.39 is 6.04 Å². The van der Waals surface area contributed by atoms with Crippen LogP contribution in [0.15, 0.2) is 30.6 Å². The van der Waals surface area contributed by atoms with E-state index in [0.29, 0.717) is 26.1 Å². The number of imidazole rings is 1. The highest BCUT2D eigenvalue weighted by Gasteiger charge is 2.37. The molecule has 0 radical (unpaired) electrons. The third-order valence-electron chi connectivity index (χ3n) is 4.98. The van der Waals surface area contributed by atoms with Crippen molar-refractivity contribution in [2.45, 2.75) is 38.9 Å². The molecule has 0 aliphatic carbocycles. The van der Waals surface area contributed by atoms with E-state index in [-0.39, 0.29) is 11.8 Å². The van der Waals surface area contributed by atoms with Crippen molar-refractivity contribution in [3.05, 3.63) is 53.1 Å². The molecule has 0 saturated carbocycles. The lowest BCUT2D eigenvalue weighted by Crippen LogP contribution is -2.49. The molecule has 0 unspecified atom stereocenters. The van der Waals surface area contributed by atoms with Crippen molar-refractivity contribution in [2.75, 3.05) is 6.54 Å². The molecular weight excluding hydrogens is 304 g/mol. The van der Waals surface area contributed by atoms with E-state index in [1.807, 2.05) is 36.1 Å². The van der Waals surface area contributed by atoms with Gasteiger partial charge < -0.3 is 14.8 Å². The van der Waals surface area contributed by atoms with Crippen molar-refractivity contribution in [3.63, 3.8) is 0 Å². The molecule has 0 spiro atoms. The lowest BCUT2D eigenvalue weighted by Gasteiger charge is -2.33. The van der Waals surface area contributed by atoms with Crippen molar-refractivity contribution in [3.8, 4) is 0 Å². The Morgan fingerprint density at radius 3 is 2.96 bits per heavy atom. The monoisotopic (exact) mass is 324 g/mol. The summed E-state index contributed by atoms with van der Waals surface area (Å²) in [5.74, 6) is -0.0102. The van der Waals surface area contributed by atoms with Crippen molar-refractivity contribution in [1.29, 1.82) is 0 Å². The average molecular weight is 324 g/mol. The van der Waals surface area contributed by atoms with Crippen LogP contribution in [0.4, 0.5) is 0 Å². The van der Waals surface area contributed by atoms with Crippen LogP contribution in [0.25, 0.3) is 0 Å². The molecule has 1 aromatic heterocycles. The number of H-pyrrole nitrogens is 1. The predicted molar refractivity (Wildman–Crippen MR) is 88.1 cm³/mol. The lowest BCUT2D eigenvalue weighted by atomic mass is 10.1. The first-order chi connectivity index (χ1) is 11.7. The van der Waals surface area contributed by atoms with Gasteiger partial charge in [0.15, 0.2) is 0 Å². The van der Waals surface area contributed by atoms with E-state index in [1.54, 1.807) is 11.2 Å². The zero-order valence-corrected chi connectivity index (χ0v) is 13.7. The predicted octanol–water partition coefficient (Wildman–Crippen LogP) is 1.73. The number of fused-ring (bicyclic) bond motifs is 2. The topological polar surface area (TPSA) is 69.3 Å². The molecule has 2 amide bonds. The number of hydrogen-bond acceptors (Lipinski definition) is 3. The Morgan fingerprint density at radius 1 is 1.33 bits per heavy atom. The van der Waals surface area contributed by atoms with Gasteiger partial charge in [-0.15, -0.1) is 0 Å². The van der Waals surface area contributed by atoms with Gasteiger partial charge in [0.1, 0.15) is 6.04 Å². The van der Waals surface area contributed by atoms with Crippen LogP contribution in [0.5, 0.6) is 0 Å². The first kappa shape index (κ1) is 14.9. The fourth-order valence-electron chi connectivity index (χ4n) is 3.67. The van der Waals surface area contributed by atoms with Gasteiger partial charge in [-0.3, -0.25) is 9.59 Å². The summed E-state index contributed by atoms with van der Waals surface area (Å²) in [5, 5.41) is 0. The third-order valence-corrected chi connectivity index (χ3v) is 4.98. The van der Waals surface area contributed by atoms with Gasteiger partial charge in [-0.25, -0.2) is 4.98 Å². The Labute approximate surface area is 140 Å². The molecule has 6 nitrogen and oxygen atoms in total. The second kappa shape index (κ2) is 5.78. The van der Waals surface area contributed by atoms with Crippen LogP contribution in [0, 0.1) is 0 Å². The van der Waals surface area contributed by atoms with Crippen LogP contribution in [-0.2, 0) is 24.3 Å². The van der Waals surface area contributed by atoms with Gasteiger partial charge in [-0.2, -0.15) is 0 Å². The minimum absolute atomic E-state index is 0.0268. The number of hydrogen-bond donors (Lipinski definition) is 1. The Kier molecular flexibility index (Phi) is 3.59. The fraction of sp³-hybridized carbons (Fsp3) is 0.389. The van der Waals surface area contributed by atoms with Crippen molar-refractivity contribution in [1.82, 2.24) is 19.8 Å². The quantitative estimate of drug-likeness (QED) is 0.935. The van der Waals surface area contributed by atoms with Crippen molar-refractivity contribution < 1.29 is 9.59 Å². The highest BCUT2D eigenvalue weighted by molar-refractivity contribution is 6.01. The van der Waals surface area contributed by atoms with Crippen LogP contribution < -0.4 is 0 Å². The average Bonchev–Trinajstić information content (AvgIpc) is 3.20. The molecule has 1 aromatic carbocycles. The lowest BCUT2D eigenvalue weighted by molar-refractivity contribution is -0.137. The second-order valence-corrected chi connectivity index (χ2v) is 6.35. The fourth-order valence-corrected chi connectivity index (χ4v) is 3.67. The molecule has 4 rings (SSSR count). The van der Waals surface area contributed by atoms with Crippen LogP contribution >= 0.6 is 0 Å². The Hall–Kier alpha value is -2.63. The number of amides is 2. The van der Waals surface area contributed by atoms with Gasteiger partial charge in [0.05, 0.1) is 24.3 Å². The smallest absolute Gasteiger partial charge is 0.255 e. The number of carbonyl (C=O) groups is 2. The minimum Gasteiger partial charge on any atom is -0.347 e. The molecule has 0 fully saturated rings. The van der Waals surface area contributed by atoms with E-state index in [0.717, 1.165) is 28.9 Å². The van der Waals surface area contributed by atoms with Gasteiger partial charge in [0.25, 0.3) is 5.91 Å². The largest absolute Gasteiger partial charge is 0.347 e. The Balaban J connectivity index is 1.54. The summed E-state index contributed by atoms with van der Waals surface area (Å²) in [6, 6.07) is 7.19. The normalized spacial score (nSPS) is 17.6. The molecule has 2 aromatic rings. The van der Waals surface area contributed by atoms with Crippen molar-refractivity contribution in [2.24, 2.45) is 0 Å². The number of nitrogens with one attached hydrogen (secondary N) is 1. The number of rotatable bonds is 3. The number of benzene rings is 1. The van der Waals surface area contributed by atoms with Gasteiger partial charge >= 0.3 is 0 Å². The summed E-state index contributed by atoms with van der Waals surface area (Å²) in [7, 11) is 0. The molecule has 0 saturated heterocycles.